The molecule has 0 saturated carbocycles. The number of aromatic nitrogens is 1. The van der Waals surface area contributed by atoms with E-state index in [-0.39, 0.29) is 5.82 Å². The van der Waals surface area contributed by atoms with Gasteiger partial charge < -0.3 is 4.74 Å². The maximum atomic E-state index is 12.6. The largest absolute Gasteiger partial charge is 0.456 e. The van der Waals surface area contributed by atoms with Gasteiger partial charge in [-0.3, -0.25) is 4.98 Å². The van der Waals surface area contributed by atoms with Gasteiger partial charge in [0.05, 0.1) is 6.20 Å². The first-order chi connectivity index (χ1) is 7.24. The van der Waals surface area contributed by atoms with Crippen molar-refractivity contribution in [3.8, 4) is 11.5 Å². The Morgan fingerprint density at radius 2 is 1.80 bits per heavy atom. The fraction of sp³-hybridized carbons (Fsp3) is 0.0833. The molecule has 0 aliphatic rings. The number of ether oxygens (including phenoxy) is 1. The van der Waals surface area contributed by atoms with Gasteiger partial charge in [0.1, 0.15) is 17.3 Å². The van der Waals surface area contributed by atoms with Crippen LogP contribution in [-0.4, -0.2) is 4.98 Å². The molecular formula is C12H10FNO. The number of rotatable bonds is 2. The van der Waals surface area contributed by atoms with E-state index in [9.17, 15) is 4.39 Å². The Balaban J connectivity index is 2.18. The Labute approximate surface area is 87.4 Å². The predicted octanol–water partition coefficient (Wildman–Crippen LogP) is 3.32. The second-order valence-corrected chi connectivity index (χ2v) is 3.25. The molecule has 0 amide bonds. The van der Waals surface area contributed by atoms with Crippen LogP contribution >= 0.6 is 0 Å². The van der Waals surface area contributed by atoms with Crippen LogP contribution in [0.2, 0.25) is 0 Å². The van der Waals surface area contributed by atoms with E-state index in [4.69, 9.17) is 4.74 Å². The summed E-state index contributed by atoms with van der Waals surface area (Å²) in [6.45, 7) is 1.94. The van der Waals surface area contributed by atoms with Gasteiger partial charge in [-0.05, 0) is 42.8 Å². The summed E-state index contributed by atoms with van der Waals surface area (Å²) in [5, 5.41) is 0. The average molecular weight is 203 g/mol. The lowest BCUT2D eigenvalue weighted by Crippen LogP contribution is -1.86. The second kappa shape index (κ2) is 4.09. The standard InChI is InChI=1S/C12H10FNO/c1-9-6-12(8-14-7-9)15-11-4-2-10(13)3-5-11/h2-8H,1H3. The monoisotopic (exact) mass is 203 g/mol. The van der Waals surface area contributed by atoms with Gasteiger partial charge in [0, 0.05) is 6.20 Å². The van der Waals surface area contributed by atoms with Crippen LogP contribution < -0.4 is 4.74 Å². The number of benzene rings is 1. The minimum atomic E-state index is -0.273. The lowest BCUT2D eigenvalue weighted by atomic mass is 10.3. The van der Waals surface area contributed by atoms with E-state index in [1.54, 1.807) is 24.5 Å². The van der Waals surface area contributed by atoms with E-state index in [0.717, 1.165) is 5.56 Å². The molecule has 15 heavy (non-hydrogen) atoms. The third-order valence-corrected chi connectivity index (χ3v) is 1.90. The van der Waals surface area contributed by atoms with Crippen LogP contribution in [0.4, 0.5) is 4.39 Å². The van der Waals surface area contributed by atoms with Crippen molar-refractivity contribution in [3.05, 3.63) is 54.1 Å². The van der Waals surface area contributed by atoms with E-state index in [1.165, 1.54) is 12.1 Å². The maximum absolute atomic E-state index is 12.6. The van der Waals surface area contributed by atoms with Gasteiger partial charge in [0.25, 0.3) is 0 Å². The average Bonchev–Trinajstić information content (AvgIpc) is 2.22. The highest BCUT2D eigenvalue weighted by Gasteiger charge is 1.98. The molecule has 2 nitrogen and oxygen atoms in total. The molecule has 0 aliphatic heterocycles. The number of halogens is 1. The van der Waals surface area contributed by atoms with Crippen molar-refractivity contribution in [1.82, 2.24) is 4.98 Å². The molecular weight excluding hydrogens is 193 g/mol. The molecule has 0 spiro atoms. The number of pyridine rings is 1. The first-order valence-electron chi connectivity index (χ1n) is 4.59. The van der Waals surface area contributed by atoms with E-state index in [0.29, 0.717) is 11.5 Å². The Hall–Kier alpha value is -1.90. The Kier molecular flexibility index (Phi) is 2.63. The summed E-state index contributed by atoms with van der Waals surface area (Å²) < 4.78 is 18.1. The minimum Gasteiger partial charge on any atom is -0.456 e. The molecule has 76 valence electrons. The van der Waals surface area contributed by atoms with Crippen LogP contribution in [0.1, 0.15) is 5.56 Å². The van der Waals surface area contributed by atoms with Gasteiger partial charge in [-0.15, -0.1) is 0 Å². The van der Waals surface area contributed by atoms with Gasteiger partial charge in [-0.25, -0.2) is 4.39 Å². The normalized spacial score (nSPS) is 10.0. The molecule has 0 bridgehead atoms. The lowest BCUT2D eigenvalue weighted by Gasteiger charge is -2.05. The fourth-order valence-electron chi connectivity index (χ4n) is 1.22. The van der Waals surface area contributed by atoms with Crippen LogP contribution in [-0.2, 0) is 0 Å². The molecule has 1 aromatic heterocycles. The van der Waals surface area contributed by atoms with Crippen molar-refractivity contribution in [3.63, 3.8) is 0 Å². The van der Waals surface area contributed by atoms with E-state index < -0.39 is 0 Å². The maximum Gasteiger partial charge on any atom is 0.145 e. The highest BCUT2D eigenvalue weighted by Crippen LogP contribution is 2.20. The quantitative estimate of drug-likeness (QED) is 0.746. The first kappa shape index (κ1) is 9.65. The van der Waals surface area contributed by atoms with Crippen molar-refractivity contribution in [1.29, 1.82) is 0 Å². The smallest absolute Gasteiger partial charge is 0.145 e. The molecule has 1 heterocycles. The van der Waals surface area contributed by atoms with Crippen molar-refractivity contribution in [2.45, 2.75) is 6.92 Å². The second-order valence-electron chi connectivity index (χ2n) is 3.25. The van der Waals surface area contributed by atoms with E-state index in [2.05, 4.69) is 4.98 Å². The van der Waals surface area contributed by atoms with Crippen molar-refractivity contribution >= 4 is 0 Å². The third kappa shape index (κ3) is 2.53. The highest BCUT2D eigenvalue weighted by atomic mass is 19.1. The van der Waals surface area contributed by atoms with E-state index in [1.807, 2.05) is 13.0 Å². The summed E-state index contributed by atoms with van der Waals surface area (Å²) >= 11 is 0. The van der Waals surface area contributed by atoms with Crippen molar-refractivity contribution in [2.24, 2.45) is 0 Å². The van der Waals surface area contributed by atoms with Crippen LogP contribution in [0.5, 0.6) is 11.5 Å². The molecule has 0 radical (unpaired) electrons. The Morgan fingerprint density at radius 1 is 1.07 bits per heavy atom. The molecule has 0 fully saturated rings. The zero-order valence-electron chi connectivity index (χ0n) is 8.27. The highest BCUT2D eigenvalue weighted by molar-refractivity contribution is 5.30. The van der Waals surface area contributed by atoms with Crippen molar-refractivity contribution in [2.75, 3.05) is 0 Å². The number of nitrogens with zero attached hydrogens (tertiary/aromatic N) is 1. The van der Waals surface area contributed by atoms with Gasteiger partial charge in [0.15, 0.2) is 0 Å². The fourth-order valence-corrected chi connectivity index (χ4v) is 1.22. The zero-order chi connectivity index (χ0) is 10.7. The van der Waals surface area contributed by atoms with Crippen LogP contribution in [0.15, 0.2) is 42.7 Å². The Morgan fingerprint density at radius 3 is 2.47 bits per heavy atom. The third-order valence-electron chi connectivity index (χ3n) is 1.90. The molecule has 0 unspecified atom stereocenters. The molecule has 0 atom stereocenters. The number of hydrogen-bond donors (Lipinski definition) is 0. The minimum absolute atomic E-state index is 0.273. The van der Waals surface area contributed by atoms with Crippen LogP contribution in [0, 0.1) is 12.7 Å². The van der Waals surface area contributed by atoms with Crippen molar-refractivity contribution < 1.29 is 9.13 Å². The molecule has 2 aromatic rings. The van der Waals surface area contributed by atoms with Gasteiger partial charge >= 0.3 is 0 Å². The van der Waals surface area contributed by atoms with Crippen LogP contribution in [0.25, 0.3) is 0 Å². The summed E-state index contributed by atoms with van der Waals surface area (Å²) in [4.78, 5) is 4.00. The molecule has 2 rings (SSSR count). The summed E-state index contributed by atoms with van der Waals surface area (Å²) in [6, 6.07) is 7.75. The zero-order valence-corrected chi connectivity index (χ0v) is 8.27. The Bertz CT molecular complexity index is 453. The summed E-state index contributed by atoms with van der Waals surface area (Å²) in [6.07, 6.45) is 3.37. The first-order valence-corrected chi connectivity index (χ1v) is 4.59. The van der Waals surface area contributed by atoms with E-state index >= 15 is 0 Å². The molecule has 0 aliphatic carbocycles. The molecule has 0 saturated heterocycles. The number of hydrogen-bond acceptors (Lipinski definition) is 2. The summed E-state index contributed by atoms with van der Waals surface area (Å²) in [5.74, 6) is 0.982. The number of aryl methyl sites for hydroxylation is 1. The lowest BCUT2D eigenvalue weighted by molar-refractivity contribution is 0.478. The predicted molar refractivity (Wildman–Crippen MR) is 55.4 cm³/mol. The molecule has 1 aromatic carbocycles. The van der Waals surface area contributed by atoms with Gasteiger partial charge in [-0.2, -0.15) is 0 Å². The summed E-state index contributed by atoms with van der Waals surface area (Å²) in [7, 11) is 0. The topological polar surface area (TPSA) is 22.1 Å². The molecule has 0 N–H and O–H groups in total. The van der Waals surface area contributed by atoms with Crippen LogP contribution in [0.3, 0.4) is 0 Å². The SMILES string of the molecule is Cc1cncc(Oc2ccc(F)cc2)c1. The van der Waals surface area contributed by atoms with Gasteiger partial charge in [0.2, 0.25) is 0 Å². The summed E-state index contributed by atoms with van der Waals surface area (Å²) in [5.41, 5.74) is 1.02. The molecule has 3 heteroatoms. The van der Waals surface area contributed by atoms with Gasteiger partial charge in [-0.1, -0.05) is 0 Å².